The lowest BCUT2D eigenvalue weighted by atomic mass is 10.1. The molecule has 0 N–H and O–H groups in total. The first-order valence-corrected chi connectivity index (χ1v) is 10.3. The molecule has 4 heterocycles. The first kappa shape index (κ1) is 18.9. The van der Waals surface area contributed by atoms with Crippen molar-refractivity contribution in [1.82, 2.24) is 19.9 Å². The van der Waals surface area contributed by atoms with Crippen molar-refractivity contribution in [2.75, 3.05) is 56.2 Å². The number of piperidine rings is 1. The molecule has 0 aliphatic carbocycles. The van der Waals surface area contributed by atoms with Crippen molar-refractivity contribution in [3.05, 3.63) is 35.8 Å². The lowest BCUT2D eigenvalue weighted by Gasteiger charge is -2.36. The molecule has 7 heteroatoms. The first-order valence-electron chi connectivity index (χ1n) is 10.3. The Morgan fingerprint density at radius 1 is 0.893 bits per heavy atom. The van der Waals surface area contributed by atoms with E-state index in [1.54, 1.807) is 7.11 Å². The maximum absolute atomic E-state index is 5.24. The summed E-state index contributed by atoms with van der Waals surface area (Å²) in [6, 6.07) is 6.26. The Labute approximate surface area is 167 Å². The van der Waals surface area contributed by atoms with Crippen molar-refractivity contribution in [2.24, 2.45) is 0 Å². The lowest BCUT2D eigenvalue weighted by Crippen LogP contribution is -2.46. The molecule has 0 radical (unpaired) electrons. The predicted molar refractivity (Wildman–Crippen MR) is 111 cm³/mol. The van der Waals surface area contributed by atoms with Gasteiger partial charge in [-0.1, -0.05) is 0 Å². The molecule has 2 fully saturated rings. The monoisotopic (exact) mass is 382 g/mol. The third-order valence-electron chi connectivity index (χ3n) is 5.60. The summed E-state index contributed by atoms with van der Waals surface area (Å²) in [5, 5.41) is 0. The molecule has 7 nitrogen and oxygen atoms in total. The highest BCUT2D eigenvalue weighted by Crippen LogP contribution is 2.23. The molecule has 0 spiro atoms. The Kier molecular flexibility index (Phi) is 5.90. The van der Waals surface area contributed by atoms with E-state index in [1.807, 2.05) is 19.2 Å². The fourth-order valence-electron chi connectivity index (χ4n) is 4.04. The molecule has 0 amide bonds. The van der Waals surface area contributed by atoms with E-state index in [-0.39, 0.29) is 0 Å². The molecule has 0 aromatic carbocycles. The van der Waals surface area contributed by atoms with Crippen LogP contribution in [0.4, 0.5) is 11.6 Å². The molecular weight excluding hydrogens is 352 g/mol. The number of rotatable bonds is 5. The molecular formula is C21H30N6O. The molecule has 28 heavy (non-hydrogen) atoms. The lowest BCUT2D eigenvalue weighted by molar-refractivity contribution is 0.248. The van der Waals surface area contributed by atoms with Gasteiger partial charge >= 0.3 is 0 Å². The molecule has 0 bridgehead atoms. The average molecular weight is 383 g/mol. The summed E-state index contributed by atoms with van der Waals surface area (Å²) in [5.74, 6) is 3.70. The Bertz CT molecular complexity index is 784. The van der Waals surface area contributed by atoms with E-state index in [0.29, 0.717) is 5.88 Å². The summed E-state index contributed by atoms with van der Waals surface area (Å²) in [4.78, 5) is 20.9. The van der Waals surface area contributed by atoms with Gasteiger partial charge in [0.1, 0.15) is 17.5 Å². The van der Waals surface area contributed by atoms with E-state index in [9.17, 15) is 0 Å². The SMILES string of the molecule is COc1cc(CN2CCN(c3cc(N4CCCCC4)nc(C)n3)CC2)ccn1. The van der Waals surface area contributed by atoms with Crippen molar-refractivity contribution in [3.63, 3.8) is 0 Å². The molecule has 2 aliphatic rings. The Morgan fingerprint density at radius 3 is 2.25 bits per heavy atom. The summed E-state index contributed by atoms with van der Waals surface area (Å²) >= 11 is 0. The van der Waals surface area contributed by atoms with E-state index >= 15 is 0 Å². The number of aryl methyl sites for hydroxylation is 1. The van der Waals surface area contributed by atoms with Crippen LogP contribution in [0.25, 0.3) is 0 Å². The van der Waals surface area contributed by atoms with Crippen molar-refractivity contribution in [1.29, 1.82) is 0 Å². The standard InChI is InChI=1S/C21H30N6O/c1-17-23-19(26-8-4-3-5-9-26)15-20(24-17)27-12-10-25(11-13-27)16-18-6-7-22-21(14-18)28-2/h6-7,14-15H,3-5,8-13,16H2,1-2H3. The Hall–Kier alpha value is -2.41. The minimum atomic E-state index is 0.679. The molecule has 2 saturated heterocycles. The van der Waals surface area contributed by atoms with Crippen LogP contribution in [-0.4, -0.2) is 66.2 Å². The normalized spacial score (nSPS) is 18.4. The quantitative estimate of drug-likeness (QED) is 0.787. The third kappa shape index (κ3) is 4.52. The molecule has 0 saturated carbocycles. The molecule has 2 aliphatic heterocycles. The van der Waals surface area contributed by atoms with Gasteiger partial charge in [0, 0.05) is 64.1 Å². The summed E-state index contributed by atoms with van der Waals surface area (Å²) < 4.78 is 5.24. The second-order valence-electron chi connectivity index (χ2n) is 7.65. The average Bonchev–Trinajstić information content (AvgIpc) is 2.74. The maximum atomic E-state index is 5.24. The van der Waals surface area contributed by atoms with Crippen molar-refractivity contribution in [2.45, 2.75) is 32.7 Å². The van der Waals surface area contributed by atoms with Gasteiger partial charge in [-0.2, -0.15) is 0 Å². The van der Waals surface area contributed by atoms with E-state index in [1.165, 1.54) is 24.8 Å². The summed E-state index contributed by atoms with van der Waals surface area (Å²) in [5.41, 5.74) is 1.24. The second kappa shape index (κ2) is 8.73. The fraction of sp³-hybridized carbons (Fsp3) is 0.571. The minimum Gasteiger partial charge on any atom is -0.481 e. The number of aromatic nitrogens is 3. The number of methoxy groups -OCH3 is 1. The van der Waals surface area contributed by atoms with Gasteiger partial charge in [-0.3, -0.25) is 4.90 Å². The van der Waals surface area contributed by atoms with E-state index in [0.717, 1.165) is 63.3 Å². The molecule has 150 valence electrons. The van der Waals surface area contributed by atoms with Crippen LogP contribution >= 0.6 is 0 Å². The fourth-order valence-corrected chi connectivity index (χ4v) is 4.04. The third-order valence-corrected chi connectivity index (χ3v) is 5.60. The number of piperazine rings is 1. The highest BCUT2D eigenvalue weighted by molar-refractivity contribution is 5.51. The van der Waals surface area contributed by atoms with E-state index in [4.69, 9.17) is 14.7 Å². The molecule has 0 atom stereocenters. The summed E-state index contributed by atoms with van der Waals surface area (Å²) in [6.07, 6.45) is 5.67. The zero-order valence-electron chi connectivity index (χ0n) is 17.0. The van der Waals surface area contributed by atoms with E-state index in [2.05, 4.69) is 31.8 Å². The van der Waals surface area contributed by atoms with Crippen molar-refractivity contribution < 1.29 is 4.74 Å². The predicted octanol–water partition coefficient (Wildman–Crippen LogP) is 2.50. The van der Waals surface area contributed by atoms with Gasteiger partial charge < -0.3 is 14.5 Å². The Morgan fingerprint density at radius 2 is 1.57 bits per heavy atom. The van der Waals surface area contributed by atoms with Gasteiger partial charge in [0.25, 0.3) is 0 Å². The summed E-state index contributed by atoms with van der Waals surface area (Å²) in [6.45, 7) is 9.16. The molecule has 0 unspecified atom stereocenters. The van der Waals surface area contributed by atoms with Gasteiger partial charge in [-0.05, 0) is 37.8 Å². The van der Waals surface area contributed by atoms with Crippen LogP contribution in [0, 0.1) is 6.92 Å². The van der Waals surface area contributed by atoms with Crippen LogP contribution in [0.15, 0.2) is 24.4 Å². The van der Waals surface area contributed by atoms with Crippen LogP contribution in [-0.2, 0) is 6.54 Å². The van der Waals surface area contributed by atoms with Gasteiger partial charge in [0.15, 0.2) is 0 Å². The number of hydrogen-bond acceptors (Lipinski definition) is 7. The smallest absolute Gasteiger partial charge is 0.213 e. The van der Waals surface area contributed by atoms with E-state index < -0.39 is 0 Å². The highest BCUT2D eigenvalue weighted by Gasteiger charge is 2.21. The minimum absolute atomic E-state index is 0.679. The van der Waals surface area contributed by atoms with Gasteiger partial charge in [-0.15, -0.1) is 0 Å². The van der Waals surface area contributed by atoms with Gasteiger partial charge in [-0.25, -0.2) is 15.0 Å². The second-order valence-corrected chi connectivity index (χ2v) is 7.65. The maximum Gasteiger partial charge on any atom is 0.213 e. The largest absolute Gasteiger partial charge is 0.481 e. The molecule has 4 rings (SSSR count). The Balaban J connectivity index is 1.38. The van der Waals surface area contributed by atoms with Crippen molar-refractivity contribution in [3.8, 4) is 5.88 Å². The van der Waals surface area contributed by atoms with Crippen LogP contribution in [0.3, 0.4) is 0 Å². The molecule has 2 aromatic heterocycles. The highest BCUT2D eigenvalue weighted by atomic mass is 16.5. The number of hydrogen-bond donors (Lipinski definition) is 0. The number of nitrogens with zero attached hydrogens (tertiary/aromatic N) is 6. The molecule has 2 aromatic rings. The first-order chi connectivity index (χ1) is 13.7. The van der Waals surface area contributed by atoms with Crippen molar-refractivity contribution >= 4 is 11.6 Å². The van der Waals surface area contributed by atoms with Crippen LogP contribution < -0.4 is 14.5 Å². The van der Waals surface area contributed by atoms with Crippen LogP contribution in [0.5, 0.6) is 5.88 Å². The van der Waals surface area contributed by atoms with Gasteiger partial charge in [0.2, 0.25) is 5.88 Å². The zero-order chi connectivity index (χ0) is 19.3. The number of pyridine rings is 1. The zero-order valence-corrected chi connectivity index (χ0v) is 17.0. The van der Waals surface area contributed by atoms with Crippen LogP contribution in [0.1, 0.15) is 30.7 Å². The number of ether oxygens (including phenoxy) is 1. The number of anilines is 2. The summed E-state index contributed by atoms with van der Waals surface area (Å²) in [7, 11) is 1.66. The van der Waals surface area contributed by atoms with Gasteiger partial charge in [0.05, 0.1) is 7.11 Å². The van der Waals surface area contributed by atoms with Crippen LogP contribution in [0.2, 0.25) is 0 Å². The topological polar surface area (TPSA) is 57.6 Å².